The van der Waals surface area contributed by atoms with E-state index in [1.54, 1.807) is 0 Å². The van der Waals surface area contributed by atoms with Crippen molar-refractivity contribution in [3.05, 3.63) is 65.0 Å². The number of piperazine rings is 1. The van der Waals surface area contributed by atoms with Crippen LogP contribution in [-0.4, -0.2) is 40.7 Å². The van der Waals surface area contributed by atoms with E-state index in [4.69, 9.17) is 5.26 Å². The standard InChI is InChI=1S/C28H26F4N4O3/c1-16-8-21(9-16)34-25(38)19-11-27(12-19)26(39)35(23-7-4-18(13-33)10-22(23)29)15-24(37)36(27)14-17-2-5-20(6-3-17)28(30,31)32/h2-7,10,16,19,21H,8-9,11-12,14-15H2,1H3,(H,34,38). The summed E-state index contributed by atoms with van der Waals surface area (Å²) in [4.78, 5) is 42.5. The van der Waals surface area contributed by atoms with Gasteiger partial charge < -0.3 is 10.2 Å². The summed E-state index contributed by atoms with van der Waals surface area (Å²) in [5.41, 5.74) is -2.01. The molecule has 0 unspecified atom stereocenters. The van der Waals surface area contributed by atoms with Crippen LogP contribution in [0.2, 0.25) is 0 Å². The van der Waals surface area contributed by atoms with Crippen molar-refractivity contribution in [1.82, 2.24) is 10.2 Å². The number of nitriles is 1. The summed E-state index contributed by atoms with van der Waals surface area (Å²) in [6.45, 7) is 1.46. The third-order valence-corrected chi connectivity index (χ3v) is 8.00. The largest absolute Gasteiger partial charge is 0.416 e. The SMILES string of the molecule is CC1CC(NC(=O)C2CC3(C2)C(=O)N(c2ccc(C#N)cc2F)CC(=O)N3Cc2ccc(C(F)(F)F)cc2)C1. The number of alkyl halides is 3. The Morgan fingerprint density at radius 2 is 1.79 bits per heavy atom. The molecule has 0 radical (unpaired) electrons. The molecule has 3 fully saturated rings. The lowest BCUT2D eigenvalue weighted by atomic mass is 9.64. The van der Waals surface area contributed by atoms with Crippen molar-refractivity contribution >= 4 is 23.4 Å². The van der Waals surface area contributed by atoms with Gasteiger partial charge in [0.15, 0.2) is 0 Å². The van der Waals surface area contributed by atoms with E-state index >= 15 is 0 Å². The summed E-state index contributed by atoms with van der Waals surface area (Å²) in [6.07, 6.45) is -2.75. The van der Waals surface area contributed by atoms with Crippen LogP contribution in [-0.2, 0) is 27.1 Å². The van der Waals surface area contributed by atoms with Crippen molar-refractivity contribution in [2.75, 3.05) is 11.4 Å². The summed E-state index contributed by atoms with van der Waals surface area (Å²) in [5.74, 6) is -2.17. The summed E-state index contributed by atoms with van der Waals surface area (Å²) >= 11 is 0. The molecule has 0 atom stereocenters. The maximum atomic E-state index is 14.9. The second kappa shape index (κ2) is 9.67. The zero-order chi connectivity index (χ0) is 28.1. The van der Waals surface area contributed by atoms with E-state index < -0.39 is 47.4 Å². The van der Waals surface area contributed by atoms with E-state index in [0.717, 1.165) is 35.9 Å². The van der Waals surface area contributed by atoms with Crippen LogP contribution < -0.4 is 10.2 Å². The molecule has 2 aromatic rings. The predicted molar refractivity (Wildman–Crippen MR) is 131 cm³/mol. The first-order valence-corrected chi connectivity index (χ1v) is 12.7. The van der Waals surface area contributed by atoms with Gasteiger partial charge in [-0.2, -0.15) is 18.4 Å². The molecule has 1 heterocycles. The number of benzene rings is 2. The smallest absolute Gasteiger partial charge is 0.353 e. The number of amides is 3. The Balaban J connectivity index is 1.42. The van der Waals surface area contributed by atoms with E-state index in [1.165, 1.54) is 29.2 Å². The highest BCUT2D eigenvalue weighted by Crippen LogP contribution is 2.48. The molecule has 0 aromatic heterocycles. The zero-order valence-electron chi connectivity index (χ0n) is 21.1. The number of nitrogens with one attached hydrogen (secondary N) is 1. The van der Waals surface area contributed by atoms with Crippen LogP contribution in [0.15, 0.2) is 42.5 Å². The molecule has 1 aliphatic heterocycles. The van der Waals surface area contributed by atoms with Crippen LogP contribution in [0.25, 0.3) is 0 Å². The summed E-state index contributed by atoms with van der Waals surface area (Å²) in [5, 5.41) is 12.0. The van der Waals surface area contributed by atoms with Gasteiger partial charge in [0.2, 0.25) is 11.8 Å². The third kappa shape index (κ3) is 4.84. The lowest BCUT2D eigenvalue weighted by molar-refractivity contribution is -0.165. The Labute approximate surface area is 222 Å². The Bertz CT molecular complexity index is 1360. The number of hydrogen-bond donors (Lipinski definition) is 1. The first-order chi connectivity index (χ1) is 18.4. The fourth-order valence-electron chi connectivity index (χ4n) is 5.78. The predicted octanol–water partition coefficient (Wildman–Crippen LogP) is 4.16. The number of hydrogen-bond acceptors (Lipinski definition) is 4. The summed E-state index contributed by atoms with van der Waals surface area (Å²) in [7, 11) is 0. The Hall–Kier alpha value is -3.94. The van der Waals surface area contributed by atoms with Gasteiger partial charge in [0.1, 0.15) is 17.9 Å². The van der Waals surface area contributed by atoms with Gasteiger partial charge in [-0.25, -0.2) is 4.39 Å². The minimum Gasteiger partial charge on any atom is -0.353 e. The van der Waals surface area contributed by atoms with E-state index in [1.807, 2.05) is 6.07 Å². The van der Waals surface area contributed by atoms with Gasteiger partial charge in [0.25, 0.3) is 5.91 Å². The lowest BCUT2D eigenvalue weighted by Crippen LogP contribution is -2.74. The minimum absolute atomic E-state index is 0.0146. The molecule has 3 aliphatic rings. The molecular formula is C28H26F4N4O3. The second-order valence-corrected chi connectivity index (χ2v) is 10.8. The van der Waals surface area contributed by atoms with E-state index in [-0.39, 0.29) is 42.6 Å². The first kappa shape index (κ1) is 26.7. The zero-order valence-corrected chi connectivity index (χ0v) is 21.1. The van der Waals surface area contributed by atoms with Crippen molar-refractivity contribution in [3.63, 3.8) is 0 Å². The molecule has 39 heavy (non-hydrogen) atoms. The molecule has 2 aliphatic carbocycles. The quantitative estimate of drug-likeness (QED) is 0.575. The van der Waals surface area contributed by atoms with Crippen molar-refractivity contribution in [2.24, 2.45) is 11.8 Å². The fourth-order valence-corrected chi connectivity index (χ4v) is 5.78. The molecule has 7 nitrogen and oxygen atoms in total. The van der Waals surface area contributed by atoms with Crippen LogP contribution in [0.1, 0.15) is 49.3 Å². The molecular weight excluding hydrogens is 516 g/mol. The number of carbonyl (C=O) groups excluding carboxylic acids is 3. The Morgan fingerprint density at radius 1 is 1.13 bits per heavy atom. The van der Waals surface area contributed by atoms with Crippen LogP contribution in [0.4, 0.5) is 23.2 Å². The molecule has 5 rings (SSSR count). The molecule has 2 aromatic carbocycles. The molecule has 1 saturated heterocycles. The van der Waals surface area contributed by atoms with Crippen molar-refractivity contribution in [2.45, 2.75) is 56.9 Å². The molecule has 0 bridgehead atoms. The van der Waals surface area contributed by atoms with E-state index in [0.29, 0.717) is 11.5 Å². The van der Waals surface area contributed by atoms with Crippen molar-refractivity contribution in [1.29, 1.82) is 5.26 Å². The van der Waals surface area contributed by atoms with Gasteiger partial charge >= 0.3 is 6.18 Å². The Kier molecular flexibility index (Phi) is 6.61. The number of halogens is 4. The highest BCUT2D eigenvalue weighted by molar-refractivity contribution is 6.10. The van der Waals surface area contributed by atoms with Crippen molar-refractivity contribution < 1.29 is 31.9 Å². The summed E-state index contributed by atoms with van der Waals surface area (Å²) < 4.78 is 53.9. The van der Waals surface area contributed by atoms with Gasteiger partial charge in [-0.15, -0.1) is 0 Å². The van der Waals surface area contributed by atoms with Gasteiger partial charge in [0.05, 0.1) is 22.9 Å². The van der Waals surface area contributed by atoms with Crippen LogP contribution in [0.5, 0.6) is 0 Å². The molecule has 1 N–H and O–H groups in total. The van der Waals surface area contributed by atoms with Crippen LogP contribution in [0, 0.1) is 29.0 Å². The van der Waals surface area contributed by atoms with Crippen LogP contribution in [0.3, 0.4) is 0 Å². The average molecular weight is 543 g/mol. The third-order valence-electron chi connectivity index (χ3n) is 8.00. The fraction of sp³-hybridized carbons (Fsp3) is 0.429. The normalized spacial score (nSPS) is 26.6. The van der Waals surface area contributed by atoms with Gasteiger partial charge in [-0.3, -0.25) is 19.3 Å². The molecule has 2 saturated carbocycles. The number of rotatable bonds is 5. The monoisotopic (exact) mass is 542 g/mol. The molecule has 11 heteroatoms. The average Bonchev–Trinajstić information content (AvgIpc) is 2.84. The molecule has 3 amide bonds. The van der Waals surface area contributed by atoms with E-state index in [2.05, 4.69) is 12.2 Å². The summed E-state index contributed by atoms with van der Waals surface area (Å²) in [6, 6.07) is 9.79. The van der Waals surface area contributed by atoms with E-state index in [9.17, 15) is 31.9 Å². The van der Waals surface area contributed by atoms with Gasteiger partial charge in [-0.05, 0) is 67.5 Å². The molecule has 204 valence electrons. The van der Waals surface area contributed by atoms with Crippen LogP contribution >= 0.6 is 0 Å². The highest BCUT2D eigenvalue weighted by atomic mass is 19.4. The number of nitrogens with zero attached hydrogens (tertiary/aromatic N) is 3. The van der Waals surface area contributed by atoms with Crippen molar-refractivity contribution in [3.8, 4) is 6.07 Å². The maximum Gasteiger partial charge on any atom is 0.416 e. The molecule has 1 spiro atoms. The topological polar surface area (TPSA) is 93.5 Å². The first-order valence-electron chi connectivity index (χ1n) is 12.7. The van der Waals surface area contributed by atoms with Gasteiger partial charge in [-0.1, -0.05) is 19.1 Å². The number of anilines is 1. The maximum absolute atomic E-state index is 14.9. The number of carbonyl (C=O) groups is 3. The highest BCUT2D eigenvalue weighted by Gasteiger charge is 2.61. The lowest BCUT2D eigenvalue weighted by Gasteiger charge is -2.56. The van der Waals surface area contributed by atoms with Gasteiger partial charge in [0, 0.05) is 18.5 Å². The minimum atomic E-state index is -4.52. The Morgan fingerprint density at radius 3 is 2.36 bits per heavy atom. The second-order valence-electron chi connectivity index (χ2n) is 10.8.